The molecule has 1 unspecified atom stereocenters. The van der Waals surface area contributed by atoms with Gasteiger partial charge in [-0.1, -0.05) is 17.7 Å². The van der Waals surface area contributed by atoms with E-state index in [1.165, 1.54) is 23.3 Å². The van der Waals surface area contributed by atoms with Crippen molar-refractivity contribution in [3.63, 3.8) is 0 Å². The van der Waals surface area contributed by atoms with Crippen LogP contribution in [-0.4, -0.2) is 9.55 Å². The molecule has 1 aromatic carbocycles. The van der Waals surface area contributed by atoms with Crippen LogP contribution in [0.5, 0.6) is 0 Å². The Kier molecular flexibility index (Phi) is 2.75. The van der Waals surface area contributed by atoms with Crippen LogP contribution < -0.4 is 5.73 Å². The lowest BCUT2D eigenvalue weighted by Crippen LogP contribution is -2.17. The Hall–Kier alpha value is -1.52. The minimum atomic E-state index is 0.286. The SMILES string of the molecule is Nc1nc2c(Cl)cccc2n1C1CCCc2sccc21. The van der Waals surface area contributed by atoms with Crippen LogP contribution >= 0.6 is 22.9 Å². The summed E-state index contributed by atoms with van der Waals surface area (Å²) < 4.78 is 2.14. The first-order chi connectivity index (χ1) is 9.75. The molecule has 2 aromatic heterocycles. The Bertz CT molecular complexity index is 790. The number of para-hydroxylation sites is 1. The molecular formula is C15H14ClN3S. The van der Waals surface area contributed by atoms with E-state index in [4.69, 9.17) is 17.3 Å². The number of nitrogens with two attached hydrogens (primary N) is 1. The zero-order valence-corrected chi connectivity index (χ0v) is 12.4. The molecule has 3 aromatic rings. The van der Waals surface area contributed by atoms with Gasteiger partial charge >= 0.3 is 0 Å². The highest BCUT2D eigenvalue weighted by Crippen LogP contribution is 2.39. The Balaban J connectivity index is 1.96. The smallest absolute Gasteiger partial charge is 0.201 e. The summed E-state index contributed by atoms with van der Waals surface area (Å²) in [5.74, 6) is 0.553. The summed E-state index contributed by atoms with van der Waals surface area (Å²) >= 11 is 8.07. The molecule has 1 atom stereocenters. The first-order valence-corrected chi connectivity index (χ1v) is 7.99. The number of benzene rings is 1. The Morgan fingerprint density at radius 3 is 3.15 bits per heavy atom. The Morgan fingerprint density at radius 2 is 2.25 bits per heavy atom. The van der Waals surface area contributed by atoms with Crippen LogP contribution in [0.2, 0.25) is 5.02 Å². The highest BCUT2D eigenvalue weighted by Gasteiger charge is 2.26. The number of nitrogen functional groups attached to an aromatic ring is 1. The van der Waals surface area contributed by atoms with Crippen LogP contribution in [0.15, 0.2) is 29.6 Å². The van der Waals surface area contributed by atoms with Crippen molar-refractivity contribution < 1.29 is 0 Å². The third-order valence-corrected chi connectivity index (χ3v) is 5.33. The van der Waals surface area contributed by atoms with Gasteiger partial charge in [0, 0.05) is 4.88 Å². The molecule has 1 aliphatic rings. The predicted molar refractivity (Wildman–Crippen MR) is 84.6 cm³/mol. The van der Waals surface area contributed by atoms with Crippen molar-refractivity contribution in [2.24, 2.45) is 0 Å². The van der Waals surface area contributed by atoms with E-state index in [-0.39, 0.29) is 6.04 Å². The number of anilines is 1. The first-order valence-electron chi connectivity index (χ1n) is 6.74. The van der Waals surface area contributed by atoms with Gasteiger partial charge in [-0.25, -0.2) is 4.98 Å². The van der Waals surface area contributed by atoms with Gasteiger partial charge in [0.2, 0.25) is 5.95 Å². The molecule has 0 radical (unpaired) electrons. The standard InChI is InChI=1S/C15H14ClN3S/c16-10-3-1-5-12-14(10)18-15(17)19(12)11-4-2-6-13-9(11)7-8-20-13/h1,3,5,7-8,11H,2,4,6H2,(H2,17,18). The van der Waals surface area contributed by atoms with Gasteiger partial charge in [-0.15, -0.1) is 11.3 Å². The molecule has 2 heterocycles. The number of rotatable bonds is 1. The molecule has 4 rings (SSSR count). The molecule has 20 heavy (non-hydrogen) atoms. The minimum absolute atomic E-state index is 0.286. The second kappa shape index (κ2) is 4.50. The van der Waals surface area contributed by atoms with Crippen molar-refractivity contribution in [2.75, 3.05) is 5.73 Å². The van der Waals surface area contributed by atoms with E-state index in [1.54, 1.807) is 0 Å². The third-order valence-electron chi connectivity index (χ3n) is 4.03. The fourth-order valence-corrected chi connectivity index (χ4v) is 4.35. The summed E-state index contributed by atoms with van der Waals surface area (Å²) in [5, 5.41) is 2.83. The van der Waals surface area contributed by atoms with E-state index in [1.807, 2.05) is 29.5 Å². The zero-order chi connectivity index (χ0) is 13.7. The number of imidazole rings is 1. The van der Waals surface area contributed by atoms with Crippen LogP contribution in [-0.2, 0) is 6.42 Å². The van der Waals surface area contributed by atoms with Gasteiger partial charge in [0.15, 0.2) is 0 Å². The molecule has 0 saturated carbocycles. The molecule has 1 aliphatic carbocycles. The van der Waals surface area contributed by atoms with E-state index < -0.39 is 0 Å². The van der Waals surface area contributed by atoms with Crippen molar-refractivity contribution >= 4 is 39.9 Å². The maximum Gasteiger partial charge on any atom is 0.201 e. The summed E-state index contributed by atoms with van der Waals surface area (Å²) in [6.45, 7) is 0. The van der Waals surface area contributed by atoms with Gasteiger partial charge in [0.1, 0.15) is 5.52 Å². The van der Waals surface area contributed by atoms with E-state index in [9.17, 15) is 0 Å². The number of aromatic nitrogens is 2. The van der Waals surface area contributed by atoms with Crippen molar-refractivity contribution in [1.82, 2.24) is 9.55 Å². The highest BCUT2D eigenvalue weighted by molar-refractivity contribution is 7.10. The van der Waals surface area contributed by atoms with E-state index in [0.29, 0.717) is 11.0 Å². The fraction of sp³-hybridized carbons (Fsp3) is 0.267. The maximum atomic E-state index is 6.23. The molecule has 3 nitrogen and oxygen atoms in total. The molecule has 0 amide bonds. The van der Waals surface area contributed by atoms with Gasteiger partial charge < -0.3 is 10.3 Å². The summed E-state index contributed by atoms with van der Waals surface area (Å²) in [6.07, 6.45) is 3.47. The number of halogens is 1. The largest absolute Gasteiger partial charge is 0.369 e. The van der Waals surface area contributed by atoms with Crippen LogP contribution in [0, 0.1) is 0 Å². The van der Waals surface area contributed by atoms with Crippen molar-refractivity contribution in [2.45, 2.75) is 25.3 Å². The van der Waals surface area contributed by atoms with Crippen molar-refractivity contribution in [3.05, 3.63) is 45.1 Å². The molecule has 5 heteroatoms. The van der Waals surface area contributed by atoms with Crippen LogP contribution in [0.4, 0.5) is 5.95 Å². The summed E-state index contributed by atoms with van der Waals surface area (Å²) in [7, 11) is 0. The minimum Gasteiger partial charge on any atom is -0.369 e. The van der Waals surface area contributed by atoms with E-state index in [2.05, 4.69) is 21.0 Å². The lowest BCUT2D eigenvalue weighted by Gasteiger charge is -2.25. The predicted octanol–water partition coefficient (Wildman–Crippen LogP) is 4.26. The number of thiophene rings is 1. The van der Waals surface area contributed by atoms with Crippen molar-refractivity contribution in [3.8, 4) is 0 Å². The molecule has 0 bridgehead atoms. The van der Waals surface area contributed by atoms with Crippen LogP contribution in [0.25, 0.3) is 11.0 Å². The van der Waals surface area contributed by atoms with Crippen molar-refractivity contribution in [1.29, 1.82) is 0 Å². The number of aryl methyl sites for hydroxylation is 1. The van der Waals surface area contributed by atoms with Gasteiger partial charge in [-0.05, 0) is 48.4 Å². The average molecular weight is 304 g/mol. The molecule has 0 spiro atoms. The number of hydrogen-bond acceptors (Lipinski definition) is 3. The zero-order valence-electron chi connectivity index (χ0n) is 10.8. The van der Waals surface area contributed by atoms with Gasteiger partial charge in [0.25, 0.3) is 0 Å². The second-order valence-electron chi connectivity index (χ2n) is 5.15. The Morgan fingerprint density at radius 1 is 1.35 bits per heavy atom. The highest BCUT2D eigenvalue weighted by atomic mass is 35.5. The van der Waals surface area contributed by atoms with E-state index in [0.717, 1.165) is 17.5 Å². The summed E-state index contributed by atoms with van der Waals surface area (Å²) in [5.41, 5.74) is 9.40. The molecule has 0 fully saturated rings. The molecule has 2 N–H and O–H groups in total. The van der Waals surface area contributed by atoms with Gasteiger partial charge in [-0.3, -0.25) is 0 Å². The molecular weight excluding hydrogens is 290 g/mol. The lowest BCUT2D eigenvalue weighted by atomic mass is 9.93. The van der Waals surface area contributed by atoms with Gasteiger partial charge in [0.05, 0.1) is 16.6 Å². The fourth-order valence-electron chi connectivity index (χ4n) is 3.16. The molecule has 0 saturated heterocycles. The maximum absolute atomic E-state index is 6.23. The van der Waals surface area contributed by atoms with Crippen LogP contribution in [0.3, 0.4) is 0 Å². The Labute approximate surface area is 126 Å². The summed E-state index contributed by atoms with van der Waals surface area (Å²) in [4.78, 5) is 5.93. The van der Waals surface area contributed by atoms with E-state index >= 15 is 0 Å². The second-order valence-corrected chi connectivity index (χ2v) is 6.56. The van der Waals surface area contributed by atoms with Crippen LogP contribution in [0.1, 0.15) is 29.3 Å². The quantitative estimate of drug-likeness (QED) is 0.730. The molecule has 0 aliphatic heterocycles. The first kappa shape index (κ1) is 12.2. The monoisotopic (exact) mass is 303 g/mol. The average Bonchev–Trinajstić information content (AvgIpc) is 3.03. The van der Waals surface area contributed by atoms with Gasteiger partial charge in [-0.2, -0.15) is 0 Å². The number of fused-ring (bicyclic) bond motifs is 2. The number of nitrogens with zero attached hydrogens (tertiary/aromatic N) is 2. The summed E-state index contributed by atoms with van der Waals surface area (Å²) in [6, 6.07) is 8.37. The number of hydrogen-bond donors (Lipinski definition) is 1. The normalized spacial score (nSPS) is 18.4. The lowest BCUT2D eigenvalue weighted by molar-refractivity contribution is 0.510. The molecule has 102 valence electrons. The third kappa shape index (κ3) is 1.68. The topological polar surface area (TPSA) is 43.8 Å².